The van der Waals surface area contributed by atoms with Gasteiger partial charge in [-0.2, -0.15) is 5.10 Å². The molecule has 0 saturated heterocycles. The number of carbonyl (C=O) groups excluding carboxylic acids is 1. The molecule has 0 bridgehead atoms. The van der Waals surface area contributed by atoms with E-state index in [0.29, 0.717) is 17.0 Å². The fraction of sp³-hybridized carbons (Fsp3) is 0.143. The molecular formula is C14H14N2O4. The average Bonchev–Trinajstić information content (AvgIpc) is 2.82. The summed E-state index contributed by atoms with van der Waals surface area (Å²) in [6.07, 6.45) is 0. The minimum Gasteiger partial charge on any atom is -0.508 e. The van der Waals surface area contributed by atoms with Crippen LogP contribution in [0.1, 0.15) is 28.8 Å². The molecular weight excluding hydrogens is 260 g/mol. The maximum Gasteiger partial charge on any atom is 0.307 e. The highest BCUT2D eigenvalue weighted by atomic mass is 16.3. The Kier molecular flexibility index (Phi) is 3.74. The van der Waals surface area contributed by atoms with Crippen LogP contribution in [0.2, 0.25) is 0 Å². The normalized spacial score (nSPS) is 11.4. The molecule has 6 nitrogen and oxygen atoms in total. The minimum absolute atomic E-state index is 0.0471. The summed E-state index contributed by atoms with van der Waals surface area (Å²) in [5.41, 5.74) is 3.15. The number of hydrogen-bond acceptors (Lipinski definition) is 5. The first-order valence-corrected chi connectivity index (χ1v) is 5.91. The maximum absolute atomic E-state index is 11.7. The molecule has 0 unspecified atom stereocenters. The van der Waals surface area contributed by atoms with Crippen LogP contribution in [0.3, 0.4) is 0 Å². The second kappa shape index (κ2) is 5.48. The van der Waals surface area contributed by atoms with Crippen molar-refractivity contribution in [1.82, 2.24) is 5.43 Å². The summed E-state index contributed by atoms with van der Waals surface area (Å²) in [6, 6.07) is 7.36. The summed E-state index contributed by atoms with van der Waals surface area (Å²) in [6.45, 7) is 3.36. The number of benzene rings is 1. The lowest BCUT2D eigenvalue weighted by Crippen LogP contribution is -2.18. The summed E-state index contributed by atoms with van der Waals surface area (Å²) in [4.78, 5) is 11.7. The van der Waals surface area contributed by atoms with Crippen LogP contribution < -0.4 is 5.43 Å². The Labute approximate surface area is 115 Å². The van der Waals surface area contributed by atoms with Gasteiger partial charge in [-0.3, -0.25) is 4.79 Å². The van der Waals surface area contributed by atoms with Crippen LogP contribution in [0, 0.1) is 6.92 Å². The van der Waals surface area contributed by atoms with Crippen molar-refractivity contribution in [3.05, 3.63) is 47.4 Å². The average molecular weight is 274 g/mol. The van der Waals surface area contributed by atoms with Gasteiger partial charge in [-0.25, -0.2) is 5.43 Å². The van der Waals surface area contributed by atoms with Gasteiger partial charge in [0.1, 0.15) is 17.3 Å². The SMILES string of the molecule is C/C(=N/NC(=O)c1ccc(C)o1)c1ccc(O)cc1O. The molecule has 1 heterocycles. The number of rotatable bonds is 3. The molecule has 2 rings (SSSR count). The summed E-state index contributed by atoms with van der Waals surface area (Å²) in [5.74, 6) is 0.153. The van der Waals surface area contributed by atoms with Crippen LogP contribution >= 0.6 is 0 Å². The number of nitrogens with zero attached hydrogens (tertiary/aromatic N) is 1. The Hall–Kier alpha value is -2.76. The number of amides is 1. The van der Waals surface area contributed by atoms with E-state index in [1.807, 2.05) is 0 Å². The van der Waals surface area contributed by atoms with Crippen molar-refractivity contribution in [3.63, 3.8) is 0 Å². The molecule has 0 aliphatic heterocycles. The summed E-state index contributed by atoms with van der Waals surface area (Å²) < 4.78 is 5.16. The van der Waals surface area contributed by atoms with Gasteiger partial charge in [0, 0.05) is 11.6 Å². The van der Waals surface area contributed by atoms with Gasteiger partial charge in [-0.1, -0.05) is 0 Å². The quantitative estimate of drug-likeness (QED) is 0.590. The van der Waals surface area contributed by atoms with Crippen molar-refractivity contribution in [1.29, 1.82) is 0 Å². The van der Waals surface area contributed by atoms with Gasteiger partial charge in [-0.15, -0.1) is 0 Å². The van der Waals surface area contributed by atoms with E-state index in [1.54, 1.807) is 26.0 Å². The lowest BCUT2D eigenvalue weighted by molar-refractivity contribution is 0.0926. The second-order valence-corrected chi connectivity index (χ2v) is 4.25. The van der Waals surface area contributed by atoms with Crippen LogP contribution in [-0.2, 0) is 0 Å². The zero-order valence-corrected chi connectivity index (χ0v) is 11.0. The predicted octanol–water partition coefficient (Wildman–Crippen LogP) is 2.15. The first-order chi connectivity index (χ1) is 9.47. The molecule has 3 N–H and O–H groups in total. The van der Waals surface area contributed by atoms with E-state index in [2.05, 4.69) is 10.5 Å². The van der Waals surface area contributed by atoms with Crippen molar-refractivity contribution < 1.29 is 19.4 Å². The van der Waals surface area contributed by atoms with E-state index in [1.165, 1.54) is 18.2 Å². The molecule has 0 spiro atoms. The fourth-order valence-corrected chi connectivity index (χ4v) is 1.63. The third-order valence-electron chi connectivity index (χ3n) is 2.66. The fourth-order valence-electron chi connectivity index (χ4n) is 1.63. The number of phenols is 2. The number of aryl methyl sites for hydroxylation is 1. The van der Waals surface area contributed by atoms with Crippen LogP contribution in [0.4, 0.5) is 0 Å². The molecule has 0 fully saturated rings. The van der Waals surface area contributed by atoms with Crippen molar-refractivity contribution in [2.75, 3.05) is 0 Å². The number of hydrazone groups is 1. The summed E-state index contributed by atoms with van der Waals surface area (Å²) in [7, 11) is 0. The van der Waals surface area contributed by atoms with E-state index in [9.17, 15) is 15.0 Å². The number of aromatic hydroxyl groups is 2. The monoisotopic (exact) mass is 274 g/mol. The van der Waals surface area contributed by atoms with E-state index >= 15 is 0 Å². The van der Waals surface area contributed by atoms with Gasteiger partial charge >= 0.3 is 5.91 Å². The van der Waals surface area contributed by atoms with Gasteiger partial charge in [0.05, 0.1) is 5.71 Å². The second-order valence-electron chi connectivity index (χ2n) is 4.25. The molecule has 104 valence electrons. The molecule has 20 heavy (non-hydrogen) atoms. The molecule has 1 aromatic heterocycles. The number of nitrogens with one attached hydrogen (secondary N) is 1. The first-order valence-electron chi connectivity index (χ1n) is 5.91. The van der Waals surface area contributed by atoms with Gasteiger partial charge in [0.15, 0.2) is 5.76 Å². The van der Waals surface area contributed by atoms with Gasteiger partial charge < -0.3 is 14.6 Å². The molecule has 1 amide bonds. The van der Waals surface area contributed by atoms with Gasteiger partial charge in [0.25, 0.3) is 0 Å². The van der Waals surface area contributed by atoms with Crippen LogP contribution in [-0.4, -0.2) is 21.8 Å². The summed E-state index contributed by atoms with van der Waals surface area (Å²) >= 11 is 0. The number of furan rings is 1. The molecule has 0 aliphatic rings. The minimum atomic E-state index is -0.476. The van der Waals surface area contributed by atoms with E-state index in [-0.39, 0.29) is 17.3 Å². The molecule has 0 aliphatic carbocycles. The van der Waals surface area contributed by atoms with Crippen molar-refractivity contribution in [2.45, 2.75) is 13.8 Å². The smallest absolute Gasteiger partial charge is 0.307 e. The Balaban J connectivity index is 2.13. The highest BCUT2D eigenvalue weighted by Crippen LogP contribution is 2.22. The van der Waals surface area contributed by atoms with Gasteiger partial charge in [-0.05, 0) is 38.1 Å². The number of phenolic OH excluding ortho intramolecular Hbond substituents is 2. The Bertz CT molecular complexity index is 674. The molecule has 0 saturated carbocycles. The zero-order chi connectivity index (χ0) is 14.7. The topological polar surface area (TPSA) is 95.1 Å². The lowest BCUT2D eigenvalue weighted by Gasteiger charge is -2.04. The zero-order valence-electron chi connectivity index (χ0n) is 11.0. The lowest BCUT2D eigenvalue weighted by atomic mass is 10.1. The van der Waals surface area contributed by atoms with Crippen LogP contribution in [0.5, 0.6) is 11.5 Å². The molecule has 0 radical (unpaired) electrons. The van der Waals surface area contributed by atoms with Crippen LogP contribution in [0.25, 0.3) is 0 Å². The molecule has 2 aromatic rings. The number of carbonyl (C=O) groups is 1. The van der Waals surface area contributed by atoms with Crippen LogP contribution in [0.15, 0.2) is 39.9 Å². The van der Waals surface area contributed by atoms with Crippen molar-refractivity contribution >= 4 is 11.6 Å². The predicted molar refractivity (Wildman–Crippen MR) is 72.9 cm³/mol. The third kappa shape index (κ3) is 2.97. The largest absolute Gasteiger partial charge is 0.508 e. The highest BCUT2D eigenvalue weighted by molar-refractivity contribution is 6.02. The van der Waals surface area contributed by atoms with E-state index in [4.69, 9.17) is 4.42 Å². The maximum atomic E-state index is 11.7. The highest BCUT2D eigenvalue weighted by Gasteiger charge is 2.10. The Morgan fingerprint density at radius 1 is 1.25 bits per heavy atom. The molecule has 6 heteroatoms. The van der Waals surface area contributed by atoms with Crippen molar-refractivity contribution in [2.24, 2.45) is 5.10 Å². The third-order valence-corrected chi connectivity index (χ3v) is 2.66. The standard InChI is InChI=1S/C14H14N2O4/c1-8-3-6-13(20-8)14(19)16-15-9(2)11-5-4-10(17)7-12(11)18/h3-7,17-18H,1-2H3,(H,16,19)/b15-9-. The Morgan fingerprint density at radius 2 is 2.00 bits per heavy atom. The Morgan fingerprint density at radius 3 is 2.60 bits per heavy atom. The summed E-state index contributed by atoms with van der Waals surface area (Å²) in [5, 5.41) is 22.8. The molecule has 1 aromatic carbocycles. The first kappa shape index (κ1) is 13.7. The van der Waals surface area contributed by atoms with Gasteiger partial charge in [0.2, 0.25) is 0 Å². The number of hydrogen-bond donors (Lipinski definition) is 3. The molecule has 0 atom stereocenters. The van der Waals surface area contributed by atoms with E-state index < -0.39 is 5.91 Å². The van der Waals surface area contributed by atoms with Crippen molar-refractivity contribution in [3.8, 4) is 11.5 Å². The van der Waals surface area contributed by atoms with E-state index in [0.717, 1.165) is 0 Å².